The Morgan fingerprint density at radius 3 is 2.43 bits per heavy atom. The van der Waals surface area contributed by atoms with Gasteiger partial charge in [-0.1, -0.05) is 42.0 Å². The van der Waals surface area contributed by atoms with Gasteiger partial charge in [0.25, 0.3) is 5.56 Å². The van der Waals surface area contributed by atoms with E-state index in [0.29, 0.717) is 28.8 Å². The van der Waals surface area contributed by atoms with Gasteiger partial charge in [0, 0.05) is 30.7 Å². The van der Waals surface area contributed by atoms with Gasteiger partial charge < -0.3 is 10.3 Å². The van der Waals surface area contributed by atoms with E-state index in [9.17, 15) is 9.59 Å². The third-order valence-electron chi connectivity index (χ3n) is 6.29. The molecule has 0 amide bonds. The Morgan fingerprint density at radius 2 is 1.66 bits per heavy atom. The SMILES string of the molecule is Cc1ccc(Cn2cncc2CCCn2c(=O)n(-c3ccc(N)cc3)c(=O)c3ccccc32)cc1. The lowest BCUT2D eigenvalue weighted by molar-refractivity contribution is 0.595. The molecule has 176 valence electrons. The Morgan fingerprint density at radius 1 is 0.914 bits per heavy atom. The molecule has 2 aromatic heterocycles. The van der Waals surface area contributed by atoms with E-state index in [1.165, 1.54) is 15.7 Å². The van der Waals surface area contributed by atoms with Gasteiger partial charge in [-0.15, -0.1) is 0 Å². The Hall–Kier alpha value is -4.39. The molecule has 0 saturated heterocycles. The third-order valence-corrected chi connectivity index (χ3v) is 6.29. The average Bonchev–Trinajstić information content (AvgIpc) is 3.30. The Balaban J connectivity index is 1.43. The van der Waals surface area contributed by atoms with Gasteiger partial charge in [-0.3, -0.25) is 9.36 Å². The highest BCUT2D eigenvalue weighted by Gasteiger charge is 2.14. The number of aromatic nitrogens is 4. The zero-order valence-electron chi connectivity index (χ0n) is 19.6. The molecule has 5 aromatic rings. The summed E-state index contributed by atoms with van der Waals surface area (Å²) < 4.78 is 5.05. The highest BCUT2D eigenvalue weighted by atomic mass is 16.2. The van der Waals surface area contributed by atoms with Crippen LogP contribution in [-0.4, -0.2) is 18.7 Å². The predicted molar refractivity (Wildman–Crippen MR) is 139 cm³/mol. The molecule has 35 heavy (non-hydrogen) atoms. The lowest BCUT2D eigenvalue weighted by Crippen LogP contribution is -2.39. The van der Waals surface area contributed by atoms with Crippen molar-refractivity contribution in [2.45, 2.75) is 32.9 Å². The average molecular weight is 466 g/mol. The molecule has 2 heterocycles. The largest absolute Gasteiger partial charge is 0.399 e. The van der Waals surface area contributed by atoms with Crippen LogP contribution in [0.2, 0.25) is 0 Å². The van der Waals surface area contributed by atoms with Crippen LogP contribution in [0.25, 0.3) is 16.6 Å². The van der Waals surface area contributed by atoms with E-state index < -0.39 is 0 Å². The molecule has 0 fully saturated rings. The first-order valence-corrected chi connectivity index (χ1v) is 11.7. The fourth-order valence-electron chi connectivity index (χ4n) is 4.40. The smallest absolute Gasteiger partial charge is 0.336 e. The van der Waals surface area contributed by atoms with Crippen LogP contribution in [0.1, 0.15) is 23.2 Å². The summed E-state index contributed by atoms with van der Waals surface area (Å²) in [5.41, 5.74) is 10.4. The molecular formula is C28H27N5O2. The molecule has 0 radical (unpaired) electrons. The first kappa shape index (κ1) is 22.4. The topological polar surface area (TPSA) is 87.8 Å². The van der Waals surface area contributed by atoms with E-state index in [1.807, 2.05) is 30.7 Å². The Bertz CT molecular complexity index is 1590. The van der Waals surface area contributed by atoms with E-state index in [4.69, 9.17) is 5.73 Å². The van der Waals surface area contributed by atoms with Gasteiger partial charge in [0.2, 0.25) is 0 Å². The van der Waals surface area contributed by atoms with Crippen molar-refractivity contribution < 1.29 is 0 Å². The summed E-state index contributed by atoms with van der Waals surface area (Å²) in [5.74, 6) is 0. The number of fused-ring (bicyclic) bond motifs is 1. The van der Waals surface area contributed by atoms with Gasteiger partial charge in [0.15, 0.2) is 0 Å². The van der Waals surface area contributed by atoms with Gasteiger partial charge in [0.1, 0.15) is 0 Å². The van der Waals surface area contributed by atoms with Gasteiger partial charge in [-0.05, 0) is 61.7 Å². The number of para-hydroxylation sites is 1. The van der Waals surface area contributed by atoms with Gasteiger partial charge >= 0.3 is 5.69 Å². The number of rotatable bonds is 7. The van der Waals surface area contributed by atoms with Crippen LogP contribution < -0.4 is 17.0 Å². The number of imidazole rings is 1. The third kappa shape index (κ3) is 4.53. The predicted octanol–water partition coefficient (Wildman–Crippen LogP) is 3.92. The van der Waals surface area contributed by atoms with Crippen LogP contribution in [0.3, 0.4) is 0 Å². The van der Waals surface area contributed by atoms with Crippen molar-refractivity contribution >= 4 is 16.6 Å². The molecule has 0 aliphatic carbocycles. The quantitative estimate of drug-likeness (QED) is 0.369. The second kappa shape index (κ2) is 9.46. The summed E-state index contributed by atoms with van der Waals surface area (Å²) in [6.07, 6.45) is 5.21. The van der Waals surface area contributed by atoms with E-state index in [1.54, 1.807) is 34.9 Å². The minimum atomic E-state index is -0.355. The zero-order chi connectivity index (χ0) is 24.4. The molecule has 5 rings (SSSR count). The number of aryl methyl sites for hydroxylation is 3. The summed E-state index contributed by atoms with van der Waals surface area (Å²) in [6, 6.07) is 22.5. The summed E-state index contributed by atoms with van der Waals surface area (Å²) >= 11 is 0. The van der Waals surface area contributed by atoms with Crippen LogP contribution in [0.5, 0.6) is 0 Å². The first-order chi connectivity index (χ1) is 17.0. The van der Waals surface area contributed by atoms with Crippen LogP contribution in [-0.2, 0) is 19.5 Å². The zero-order valence-corrected chi connectivity index (χ0v) is 19.6. The fraction of sp³-hybridized carbons (Fsp3) is 0.179. The Kier molecular flexibility index (Phi) is 6.06. The highest BCUT2D eigenvalue weighted by molar-refractivity contribution is 5.78. The lowest BCUT2D eigenvalue weighted by Gasteiger charge is -2.15. The minimum absolute atomic E-state index is 0.331. The van der Waals surface area contributed by atoms with Crippen molar-refractivity contribution in [3.63, 3.8) is 0 Å². The number of nitrogens with zero attached hydrogens (tertiary/aromatic N) is 4. The van der Waals surface area contributed by atoms with Gasteiger partial charge in [0.05, 0.1) is 22.9 Å². The number of hydrogen-bond acceptors (Lipinski definition) is 4. The van der Waals surface area contributed by atoms with Crippen molar-refractivity contribution in [3.05, 3.63) is 123 Å². The molecule has 0 bridgehead atoms. The number of anilines is 1. The van der Waals surface area contributed by atoms with Crippen LogP contribution in [0, 0.1) is 6.92 Å². The van der Waals surface area contributed by atoms with Crippen LogP contribution in [0.15, 0.2) is 94.9 Å². The number of nitrogen functional groups attached to an aromatic ring is 1. The van der Waals surface area contributed by atoms with Crippen molar-refractivity contribution in [1.29, 1.82) is 0 Å². The van der Waals surface area contributed by atoms with Crippen molar-refractivity contribution in [2.75, 3.05) is 5.73 Å². The maximum atomic E-state index is 13.5. The summed E-state index contributed by atoms with van der Waals surface area (Å²) in [4.78, 5) is 31.0. The molecule has 7 heteroatoms. The molecule has 0 unspecified atom stereocenters. The summed E-state index contributed by atoms with van der Waals surface area (Å²) in [6.45, 7) is 3.30. The monoisotopic (exact) mass is 465 g/mol. The summed E-state index contributed by atoms with van der Waals surface area (Å²) in [7, 11) is 0. The molecular weight excluding hydrogens is 438 g/mol. The van der Waals surface area contributed by atoms with Gasteiger partial charge in [-0.25, -0.2) is 14.3 Å². The second-order valence-electron chi connectivity index (χ2n) is 8.79. The fourth-order valence-corrected chi connectivity index (χ4v) is 4.40. The summed E-state index contributed by atoms with van der Waals surface area (Å²) in [5, 5.41) is 0.508. The van der Waals surface area contributed by atoms with E-state index in [0.717, 1.165) is 25.1 Å². The second-order valence-corrected chi connectivity index (χ2v) is 8.79. The van der Waals surface area contributed by atoms with E-state index >= 15 is 0 Å². The molecule has 0 spiro atoms. The van der Waals surface area contributed by atoms with Crippen LogP contribution in [0.4, 0.5) is 5.69 Å². The molecule has 0 saturated carbocycles. The van der Waals surface area contributed by atoms with Gasteiger partial charge in [-0.2, -0.15) is 0 Å². The molecule has 3 aromatic carbocycles. The van der Waals surface area contributed by atoms with E-state index in [2.05, 4.69) is 40.7 Å². The maximum absolute atomic E-state index is 13.5. The molecule has 2 N–H and O–H groups in total. The van der Waals surface area contributed by atoms with Crippen molar-refractivity contribution in [2.24, 2.45) is 0 Å². The lowest BCUT2D eigenvalue weighted by atomic mass is 10.1. The number of nitrogens with two attached hydrogens (primary N) is 1. The maximum Gasteiger partial charge on any atom is 0.336 e. The molecule has 0 aliphatic heterocycles. The van der Waals surface area contributed by atoms with Crippen molar-refractivity contribution in [1.82, 2.24) is 18.7 Å². The number of hydrogen-bond donors (Lipinski definition) is 1. The number of benzene rings is 3. The van der Waals surface area contributed by atoms with Crippen molar-refractivity contribution in [3.8, 4) is 5.69 Å². The Labute approximate surface area is 202 Å². The molecule has 0 atom stereocenters. The minimum Gasteiger partial charge on any atom is -0.399 e. The normalized spacial score (nSPS) is 11.2. The molecule has 7 nitrogen and oxygen atoms in total. The first-order valence-electron chi connectivity index (χ1n) is 11.7. The van der Waals surface area contributed by atoms with Crippen LogP contribution >= 0.6 is 0 Å². The highest BCUT2D eigenvalue weighted by Crippen LogP contribution is 2.14. The molecule has 0 aliphatic rings. The van der Waals surface area contributed by atoms with E-state index in [-0.39, 0.29) is 11.2 Å². The standard InChI is InChI=1S/C28H27N5O2/c1-20-8-10-21(11-9-20)18-31-19-30-17-24(31)5-4-16-32-26-7-3-2-6-25(26)27(34)33(28(32)35)23-14-12-22(29)13-15-23/h2-3,6-15,17,19H,4-5,16,18,29H2,1H3.